The molecular weight excluding hydrogens is 374 g/mol. The molecule has 1 heterocycles. The van der Waals surface area contributed by atoms with Crippen molar-refractivity contribution in [2.24, 2.45) is 0 Å². The number of ether oxygens (including phenoxy) is 2. The Balaban J connectivity index is 1.97. The van der Waals surface area contributed by atoms with Crippen LogP contribution in [0.25, 0.3) is 21.6 Å². The molecule has 1 aromatic heterocycles. The second kappa shape index (κ2) is 8.91. The molecule has 0 atom stereocenters. The van der Waals surface area contributed by atoms with E-state index in [1.54, 1.807) is 25.6 Å². The van der Waals surface area contributed by atoms with E-state index in [4.69, 9.17) is 9.47 Å². The lowest BCUT2D eigenvalue weighted by molar-refractivity contribution is -0.159. The van der Waals surface area contributed by atoms with Crippen molar-refractivity contribution >= 4 is 17.2 Å². The van der Waals surface area contributed by atoms with Crippen molar-refractivity contribution in [3.8, 4) is 33.1 Å². The maximum Gasteiger partial charge on any atom is 0.246 e. The van der Waals surface area contributed by atoms with Gasteiger partial charge in [0, 0.05) is 28.8 Å². The van der Waals surface area contributed by atoms with E-state index < -0.39 is 0 Å². The number of benzene rings is 2. The molecule has 0 saturated carbocycles. The fourth-order valence-corrected chi connectivity index (χ4v) is 4.08. The van der Waals surface area contributed by atoms with Crippen molar-refractivity contribution < 1.29 is 19.5 Å². The van der Waals surface area contributed by atoms with Crippen molar-refractivity contribution in [1.82, 2.24) is 5.06 Å². The predicted octanol–water partition coefficient (Wildman–Crippen LogP) is 4.88. The van der Waals surface area contributed by atoms with Gasteiger partial charge in [-0.3, -0.25) is 10.0 Å². The number of nitrogens with zero attached hydrogens (tertiary/aromatic N) is 1. The molecule has 0 spiro atoms. The van der Waals surface area contributed by atoms with E-state index in [0.29, 0.717) is 11.5 Å². The molecule has 146 valence electrons. The number of methoxy groups -OCH3 is 2. The number of carbonyl (C=O) groups excluding carboxylic acids is 1. The maximum atomic E-state index is 11.7. The number of amides is 1. The van der Waals surface area contributed by atoms with Crippen molar-refractivity contribution in [3.05, 3.63) is 59.5 Å². The molecule has 0 saturated heterocycles. The van der Waals surface area contributed by atoms with Crippen LogP contribution in [0.5, 0.6) is 11.5 Å². The van der Waals surface area contributed by atoms with Crippen LogP contribution in [0, 0.1) is 0 Å². The second-order valence-corrected chi connectivity index (χ2v) is 7.47. The van der Waals surface area contributed by atoms with Crippen LogP contribution in [0.4, 0.5) is 0 Å². The third-order valence-electron chi connectivity index (χ3n) is 4.48. The number of hydroxylamine groups is 2. The van der Waals surface area contributed by atoms with Gasteiger partial charge in [0.05, 0.1) is 14.2 Å². The molecule has 0 bridgehead atoms. The molecule has 1 N–H and O–H groups in total. The molecule has 0 fully saturated rings. The third-order valence-corrected chi connectivity index (χ3v) is 5.73. The highest BCUT2D eigenvalue weighted by Crippen LogP contribution is 2.40. The molecule has 28 heavy (non-hydrogen) atoms. The maximum absolute atomic E-state index is 11.7. The lowest BCUT2D eigenvalue weighted by atomic mass is 10.0. The summed E-state index contributed by atoms with van der Waals surface area (Å²) in [6.07, 6.45) is 0.839. The Morgan fingerprint density at radius 1 is 0.964 bits per heavy atom. The molecular formula is C22H23NO4S. The number of rotatable bonds is 7. The van der Waals surface area contributed by atoms with Gasteiger partial charge in [0.25, 0.3) is 0 Å². The minimum absolute atomic E-state index is 0.262. The van der Waals surface area contributed by atoms with Crippen LogP contribution >= 0.6 is 11.3 Å². The summed E-state index contributed by atoms with van der Waals surface area (Å²) in [5.74, 6) is 1.32. The van der Waals surface area contributed by atoms with Gasteiger partial charge in [-0.15, -0.1) is 11.3 Å². The van der Waals surface area contributed by atoms with Gasteiger partial charge in [0.1, 0.15) is 11.5 Å². The average Bonchev–Trinajstić information content (AvgIpc) is 3.16. The van der Waals surface area contributed by atoms with Gasteiger partial charge in [-0.25, -0.2) is 5.06 Å². The fourth-order valence-electron chi connectivity index (χ4n) is 2.90. The first kappa shape index (κ1) is 19.9. The van der Waals surface area contributed by atoms with Gasteiger partial charge in [0.15, 0.2) is 0 Å². The number of carbonyl (C=O) groups is 1. The zero-order chi connectivity index (χ0) is 20.1. The highest BCUT2D eigenvalue weighted by Gasteiger charge is 2.15. The first-order valence-corrected chi connectivity index (χ1v) is 9.70. The Bertz CT molecular complexity index is 865. The molecule has 3 aromatic rings. The van der Waals surface area contributed by atoms with E-state index >= 15 is 0 Å². The molecule has 3 rings (SSSR count). The van der Waals surface area contributed by atoms with Gasteiger partial charge < -0.3 is 9.47 Å². The summed E-state index contributed by atoms with van der Waals surface area (Å²) in [4.78, 5) is 14.0. The van der Waals surface area contributed by atoms with E-state index in [9.17, 15) is 10.0 Å². The minimum atomic E-state index is -0.301. The van der Waals surface area contributed by atoms with Gasteiger partial charge in [-0.1, -0.05) is 12.1 Å². The average molecular weight is 397 g/mol. The monoisotopic (exact) mass is 397 g/mol. The SMILES string of the molecule is COc1ccc(-c2cc(CCC(=O)N(C)O)sc2-c2ccc(OC)cc2)cc1. The van der Waals surface area contributed by atoms with Crippen LogP contribution in [0.15, 0.2) is 54.6 Å². The van der Waals surface area contributed by atoms with E-state index in [1.165, 1.54) is 7.05 Å². The molecule has 0 aliphatic rings. The molecule has 0 radical (unpaired) electrons. The molecule has 0 unspecified atom stereocenters. The Morgan fingerprint density at radius 3 is 2.00 bits per heavy atom. The van der Waals surface area contributed by atoms with Crippen LogP contribution < -0.4 is 9.47 Å². The smallest absolute Gasteiger partial charge is 0.246 e. The number of aryl methyl sites for hydroxylation is 1. The van der Waals surface area contributed by atoms with Crippen molar-refractivity contribution in [1.29, 1.82) is 0 Å². The quantitative estimate of drug-likeness (QED) is 0.456. The van der Waals surface area contributed by atoms with Crippen molar-refractivity contribution in [2.45, 2.75) is 12.8 Å². The molecule has 1 amide bonds. The lowest BCUT2D eigenvalue weighted by Crippen LogP contribution is -2.22. The Morgan fingerprint density at radius 2 is 1.50 bits per heavy atom. The van der Waals surface area contributed by atoms with Crippen LogP contribution in [0.2, 0.25) is 0 Å². The summed E-state index contributed by atoms with van der Waals surface area (Å²) in [6, 6.07) is 18.0. The highest BCUT2D eigenvalue weighted by atomic mass is 32.1. The largest absolute Gasteiger partial charge is 0.497 e. The number of hydrogen-bond donors (Lipinski definition) is 1. The zero-order valence-corrected chi connectivity index (χ0v) is 17.0. The predicted molar refractivity (Wildman–Crippen MR) is 111 cm³/mol. The molecule has 2 aromatic carbocycles. The molecule has 0 aliphatic heterocycles. The van der Waals surface area contributed by atoms with Gasteiger partial charge >= 0.3 is 0 Å². The lowest BCUT2D eigenvalue weighted by Gasteiger charge is -2.07. The molecule has 5 nitrogen and oxygen atoms in total. The Labute approximate surface area is 168 Å². The van der Waals surface area contributed by atoms with Crippen LogP contribution in [0.3, 0.4) is 0 Å². The van der Waals surface area contributed by atoms with Crippen LogP contribution in [-0.4, -0.2) is 37.4 Å². The first-order valence-electron chi connectivity index (χ1n) is 8.89. The van der Waals surface area contributed by atoms with Gasteiger partial charge in [-0.05, 0) is 60.0 Å². The minimum Gasteiger partial charge on any atom is -0.497 e. The fraction of sp³-hybridized carbons (Fsp3) is 0.227. The number of hydrogen-bond acceptors (Lipinski definition) is 5. The molecule has 0 aliphatic carbocycles. The summed E-state index contributed by atoms with van der Waals surface area (Å²) >= 11 is 1.66. The van der Waals surface area contributed by atoms with E-state index in [1.807, 2.05) is 48.5 Å². The Kier molecular flexibility index (Phi) is 6.34. The topological polar surface area (TPSA) is 59.0 Å². The summed E-state index contributed by atoms with van der Waals surface area (Å²) in [5, 5.41) is 9.92. The van der Waals surface area contributed by atoms with E-state index in [2.05, 4.69) is 6.07 Å². The zero-order valence-electron chi connectivity index (χ0n) is 16.1. The van der Waals surface area contributed by atoms with Gasteiger partial charge in [-0.2, -0.15) is 0 Å². The first-order chi connectivity index (χ1) is 13.5. The number of thiophene rings is 1. The summed E-state index contributed by atoms with van der Waals surface area (Å²) in [5.41, 5.74) is 3.28. The van der Waals surface area contributed by atoms with Crippen molar-refractivity contribution in [2.75, 3.05) is 21.3 Å². The second-order valence-electron chi connectivity index (χ2n) is 6.33. The summed E-state index contributed by atoms with van der Waals surface area (Å²) in [6.45, 7) is 0. The van der Waals surface area contributed by atoms with E-state index in [-0.39, 0.29) is 12.3 Å². The van der Waals surface area contributed by atoms with Crippen molar-refractivity contribution in [3.63, 3.8) is 0 Å². The van der Waals surface area contributed by atoms with E-state index in [0.717, 1.165) is 37.9 Å². The van der Waals surface area contributed by atoms with Crippen LogP contribution in [-0.2, 0) is 11.2 Å². The summed E-state index contributed by atoms with van der Waals surface area (Å²) < 4.78 is 10.5. The summed E-state index contributed by atoms with van der Waals surface area (Å²) in [7, 11) is 4.65. The standard InChI is InChI=1S/C22H23NO4S/c1-23(25)21(24)13-12-19-14-20(15-4-8-17(26-2)9-5-15)22(28-19)16-6-10-18(27-3)11-7-16/h4-11,14,25H,12-13H2,1-3H3. The highest BCUT2D eigenvalue weighted by molar-refractivity contribution is 7.16. The Hall–Kier alpha value is -2.83. The van der Waals surface area contributed by atoms with Gasteiger partial charge in [0.2, 0.25) is 5.91 Å². The van der Waals surface area contributed by atoms with Crippen LogP contribution in [0.1, 0.15) is 11.3 Å². The molecule has 6 heteroatoms. The normalized spacial score (nSPS) is 10.6. The third kappa shape index (κ3) is 4.52.